The highest BCUT2D eigenvalue weighted by molar-refractivity contribution is 6.09. The fraction of sp³-hybridized carbons (Fsp3) is 0.611. The molecule has 0 saturated carbocycles. The van der Waals surface area contributed by atoms with Gasteiger partial charge in [0.1, 0.15) is 17.2 Å². The molecule has 2 aromatic rings. The van der Waals surface area contributed by atoms with Gasteiger partial charge in [-0.2, -0.15) is 0 Å². The SMILES string of the molecule is CCCCCCCCCCOc1ccc(C(=O)Nc2c(OCCCCCCCCCC)ccc3c2OCCC3=O)cc1. The first-order chi connectivity index (χ1) is 20.6. The summed E-state index contributed by atoms with van der Waals surface area (Å²) in [5.74, 6) is 1.43. The van der Waals surface area contributed by atoms with Gasteiger partial charge in [-0.15, -0.1) is 0 Å². The van der Waals surface area contributed by atoms with Crippen molar-refractivity contribution in [3.05, 3.63) is 47.5 Å². The number of carbonyl (C=O) groups excluding carboxylic acids is 2. The van der Waals surface area contributed by atoms with E-state index in [-0.39, 0.29) is 11.7 Å². The van der Waals surface area contributed by atoms with E-state index >= 15 is 0 Å². The lowest BCUT2D eigenvalue weighted by atomic mass is 10.0. The summed E-state index contributed by atoms with van der Waals surface area (Å²) < 4.78 is 17.9. The number of ether oxygens (including phenoxy) is 3. The Kier molecular flexibility index (Phi) is 15.9. The minimum absolute atomic E-state index is 0.0133. The number of unbranched alkanes of at least 4 members (excludes halogenated alkanes) is 14. The summed E-state index contributed by atoms with van der Waals surface area (Å²) in [5, 5.41) is 2.98. The number of amides is 1. The Morgan fingerprint density at radius 3 is 1.86 bits per heavy atom. The van der Waals surface area contributed by atoms with Gasteiger partial charge in [-0.3, -0.25) is 9.59 Å². The summed E-state index contributed by atoms with van der Waals surface area (Å²) >= 11 is 0. The molecule has 0 atom stereocenters. The van der Waals surface area contributed by atoms with Crippen LogP contribution in [0.1, 0.15) is 144 Å². The zero-order valence-corrected chi connectivity index (χ0v) is 26.1. The fourth-order valence-corrected chi connectivity index (χ4v) is 5.29. The Balaban J connectivity index is 1.50. The Hall–Kier alpha value is -3.02. The molecule has 1 aliphatic rings. The molecule has 0 bridgehead atoms. The molecule has 0 spiro atoms. The van der Waals surface area contributed by atoms with E-state index in [9.17, 15) is 9.59 Å². The predicted molar refractivity (Wildman–Crippen MR) is 171 cm³/mol. The van der Waals surface area contributed by atoms with Crippen LogP contribution in [0.25, 0.3) is 0 Å². The Labute approximate surface area is 253 Å². The van der Waals surface area contributed by atoms with E-state index in [4.69, 9.17) is 14.2 Å². The topological polar surface area (TPSA) is 73.9 Å². The maximum atomic E-state index is 13.2. The van der Waals surface area contributed by atoms with E-state index in [2.05, 4.69) is 19.2 Å². The lowest BCUT2D eigenvalue weighted by Crippen LogP contribution is -2.20. The van der Waals surface area contributed by atoms with Crippen molar-refractivity contribution in [2.45, 2.75) is 123 Å². The van der Waals surface area contributed by atoms with Crippen molar-refractivity contribution >= 4 is 17.4 Å². The number of anilines is 1. The van der Waals surface area contributed by atoms with Gasteiger partial charge < -0.3 is 19.5 Å². The molecule has 1 heterocycles. The number of ketones is 1. The summed E-state index contributed by atoms with van der Waals surface area (Å²) in [6.45, 7) is 6.01. The molecule has 1 N–H and O–H groups in total. The number of rotatable bonds is 22. The van der Waals surface area contributed by atoms with E-state index in [1.54, 1.807) is 24.3 Å². The number of hydrogen-bond donors (Lipinski definition) is 1. The van der Waals surface area contributed by atoms with Gasteiger partial charge in [-0.05, 0) is 49.2 Å². The monoisotopic (exact) mass is 579 g/mol. The number of benzene rings is 2. The maximum Gasteiger partial charge on any atom is 0.255 e. The molecule has 0 radical (unpaired) electrons. The minimum atomic E-state index is -0.281. The lowest BCUT2D eigenvalue weighted by Gasteiger charge is -2.22. The minimum Gasteiger partial charge on any atom is -0.494 e. The largest absolute Gasteiger partial charge is 0.494 e. The Bertz CT molecular complexity index is 1070. The highest BCUT2D eigenvalue weighted by Gasteiger charge is 2.26. The van der Waals surface area contributed by atoms with Gasteiger partial charge in [0.25, 0.3) is 5.91 Å². The van der Waals surface area contributed by atoms with Crippen molar-refractivity contribution in [1.29, 1.82) is 0 Å². The van der Waals surface area contributed by atoms with Gasteiger partial charge in [0, 0.05) is 12.0 Å². The van der Waals surface area contributed by atoms with Gasteiger partial charge >= 0.3 is 0 Å². The van der Waals surface area contributed by atoms with Crippen LogP contribution >= 0.6 is 0 Å². The number of fused-ring (bicyclic) bond motifs is 1. The molecule has 6 heteroatoms. The third-order valence-corrected chi connectivity index (χ3v) is 7.87. The van der Waals surface area contributed by atoms with E-state index in [1.807, 2.05) is 12.1 Å². The number of Topliss-reactive ketones (excluding diaryl/α,β-unsaturated/α-hetero) is 1. The standard InChI is InChI=1S/C36H53NO5/c1-3-5-7-9-11-13-15-17-26-40-30-21-19-29(20-22-30)36(39)37-34-33(24-23-31-32(38)25-28-42-35(31)34)41-27-18-16-14-12-10-8-6-4-2/h19-24H,3-18,25-28H2,1-2H3,(H,37,39). The molecule has 0 saturated heterocycles. The molecule has 1 aliphatic heterocycles. The second-order valence-corrected chi connectivity index (χ2v) is 11.5. The molecule has 1 amide bonds. The van der Waals surface area contributed by atoms with Crippen LogP contribution in [-0.2, 0) is 0 Å². The third kappa shape index (κ3) is 11.7. The number of hydrogen-bond acceptors (Lipinski definition) is 5. The normalized spacial score (nSPS) is 12.5. The molecule has 232 valence electrons. The van der Waals surface area contributed by atoms with Crippen molar-refractivity contribution in [3.8, 4) is 17.2 Å². The molecule has 3 rings (SSSR count). The summed E-state index contributed by atoms with van der Waals surface area (Å²) in [7, 11) is 0. The van der Waals surface area contributed by atoms with Gasteiger partial charge in [-0.1, -0.05) is 104 Å². The highest BCUT2D eigenvalue weighted by Crippen LogP contribution is 2.41. The van der Waals surface area contributed by atoms with Crippen LogP contribution in [0.5, 0.6) is 17.2 Å². The van der Waals surface area contributed by atoms with Crippen LogP contribution in [0.2, 0.25) is 0 Å². The van der Waals surface area contributed by atoms with Crippen LogP contribution in [0.15, 0.2) is 36.4 Å². The number of nitrogens with one attached hydrogen (secondary N) is 1. The van der Waals surface area contributed by atoms with E-state index in [1.165, 1.54) is 83.5 Å². The molecule has 0 fully saturated rings. The first-order valence-electron chi connectivity index (χ1n) is 16.6. The first kappa shape index (κ1) is 33.5. The molecule has 6 nitrogen and oxygen atoms in total. The number of carbonyl (C=O) groups is 2. The zero-order chi connectivity index (χ0) is 29.8. The van der Waals surface area contributed by atoms with E-state index in [0.29, 0.717) is 54.6 Å². The van der Waals surface area contributed by atoms with Gasteiger partial charge in [-0.25, -0.2) is 0 Å². The van der Waals surface area contributed by atoms with Gasteiger partial charge in [0.15, 0.2) is 11.5 Å². The molecular weight excluding hydrogens is 526 g/mol. The van der Waals surface area contributed by atoms with Crippen molar-refractivity contribution in [3.63, 3.8) is 0 Å². The average molecular weight is 580 g/mol. The van der Waals surface area contributed by atoms with Crippen LogP contribution in [-0.4, -0.2) is 31.5 Å². The van der Waals surface area contributed by atoms with Crippen LogP contribution < -0.4 is 19.5 Å². The van der Waals surface area contributed by atoms with Gasteiger partial charge in [0.05, 0.1) is 25.4 Å². The van der Waals surface area contributed by atoms with Crippen molar-refractivity contribution in [2.24, 2.45) is 0 Å². The molecule has 2 aromatic carbocycles. The zero-order valence-electron chi connectivity index (χ0n) is 26.1. The molecular formula is C36H53NO5. The summed E-state index contributed by atoms with van der Waals surface area (Å²) in [6, 6.07) is 10.7. The second-order valence-electron chi connectivity index (χ2n) is 11.5. The third-order valence-electron chi connectivity index (χ3n) is 7.87. The van der Waals surface area contributed by atoms with E-state index in [0.717, 1.165) is 25.0 Å². The van der Waals surface area contributed by atoms with Crippen LogP contribution in [0.4, 0.5) is 5.69 Å². The second kappa shape index (κ2) is 20.0. The quantitative estimate of drug-likeness (QED) is 0.141. The van der Waals surface area contributed by atoms with Crippen molar-refractivity contribution < 1.29 is 23.8 Å². The Morgan fingerprint density at radius 1 is 0.714 bits per heavy atom. The molecule has 0 unspecified atom stereocenters. The maximum absolute atomic E-state index is 13.2. The lowest BCUT2D eigenvalue weighted by molar-refractivity contribution is 0.0931. The highest BCUT2D eigenvalue weighted by atomic mass is 16.5. The summed E-state index contributed by atoms with van der Waals surface area (Å²) in [6.07, 6.45) is 20.1. The van der Waals surface area contributed by atoms with Gasteiger partial charge in [0.2, 0.25) is 0 Å². The van der Waals surface area contributed by atoms with Crippen molar-refractivity contribution in [2.75, 3.05) is 25.1 Å². The Morgan fingerprint density at radius 2 is 1.26 bits per heavy atom. The molecule has 42 heavy (non-hydrogen) atoms. The van der Waals surface area contributed by atoms with Crippen molar-refractivity contribution in [1.82, 2.24) is 0 Å². The molecule has 0 aromatic heterocycles. The molecule has 0 aliphatic carbocycles. The first-order valence-corrected chi connectivity index (χ1v) is 16.6. The average Bonchev–Trinajstić information content (AvgIpc) is 3.00. The van der Waals surface area contributed by atoms with Crippen LogP contribution in [0, 0.1) is 0 Å². The van der Waals surface area contributed by atoms with Crippen LogP contribution in [0.3, 0.4) is 0 Å². The summed E-state index contributed by atoms with van der Waals surface area (Å²) in [5.41, 5.74) is 1.42. The summed E-state index contributed by atoms with van der Waals surface area (Å²) in [4.78, 5) is 25.8. The van der Waals surface area contributed by atoms with E-state index < -0.39 is 0 Å². The fourth-order valence-electron chi connectivity index (χ4n) is 5.29. The smallest absolute Gasteiger partial charge is 0.255 e. The predicted octanol–water partition coefficient (Wildman–Crippen LogP) is 9.94.